The molecule has 0 saturated heterocycles. The molecular weight excluding hydrogens is 350 g/mol. The van der Waals surface area contributed by atoms with Gasteiger partial charge in [-0.15, -0.1) is 23.1 Å². The lowest BCUT2D eigenvalue weighted by Gasteiger charge is -2.04. The number of hydrogen-bond donors (Lipinski definition) is 1. The van der Waals surface area contributed by atoms with Crippen LogP contribution in [0.15, 0.2) is 41.2 Å². The maximum absolute atomic E-state index is 12.3. The number of aromatic nitrogens is 3. The van der Waals surface area contributed by atoms with Gasteiger partial charge in [0.05, 0.1) is 22.3 Å². The summed E-state index contributed by atoms with van der Waals surface area (Å²) in [6.07, 6.45) is 0. The third-order valence-corrected chi connectivity index (χ3v) is 6.31. The predicted molar refractivity (Wildman–Crippen MR) is 106 cm³/mol. The van der Waals surface area contributed by atoms with Crippen molar-refractivity contribution in [3.05, 3.63) is 68.7 Å². The van der Waals surface area contributed by atoms with Crippen LogP contribution in [0.4, 0.5) is 0 Å². The molecule has 1 N–H and O–H groups in total. The SMILES string of the molecule is Cc1sc2nc(CSCc3ccc4ccccc4n3)[nH]c(=O)c2c1C. The molecular formula is C19H17N3OS2. The lowest BCUT2D eigenvalue weighted by molar-refractivity contribution is 1.04. The van der Waals surface area contributed by atoms with Gasteiger partial charge in [-0.25, -0.2) is 4.98 Å². The van der Waals surface area contributed by atoms with Gasteiger partial charge in [0.1, 0.15) is 10.7 Å². The average molecular weight is 367 g/mol. The van der Waals surface area contributed by atoms with E-state index in [2.05, 4.69) is 33.2 Å². The first-order valence-corrected chi connectivity index (χ1v) is 10.0. The maximum Gasteiger partial charge on any atom is 0.259 e. The van der Waals surface area contributed by atoms with Crippen LogP contribution in [-0.2, 0) is 11.5 Å². The van der Waals surface area contributed by atoms with Crippen LogP contribution in [-0.4, -0.2) is 15.0 Å². The van der Waals surface area contributed by atoms with Gasteiger partial charge >= 0.3 is 0 Å². The second-order valence-corrected chi connectivity index (χ2v) is 8.15. The van der Waals surface area contributed by atoms with Crippen LogP contribution in [0.2, 0.25) is 0 Å². The number of aromatic amines is 1. The summed E-state index contributed by atoms with van der Waals surface area (Å²) in [5.41, 5.74) is 3.05. The van der Waals surface area contributed by atoms with Gasteiger partial charge in [-0.3, -0.25) is 9.78 Å². The van der Waals surface area contributed by atoms with E-state index in [1.807, 2.05) is 32.0 Å². The Bertz CT molecular complexity index is 1130. The summed E-state index contributed by atoms with van der Waals surface area (Å²) in [7, 11) is 0. The molecule has 4 rings (SSSR count). The number of benzene rings is 1. The second-order valence-electron chi connectivity index (χ2n) is 5.96. The minimum absolute atomic E-state index is 0.0359. The zero-order valence-electron chi connectivity index (χ0n) is 14.0. The standard InChI is InChI=1S/C19H17N3OS2/c1-11-12(2)25-19-17(11)18(23)21-16(22-19)10-24-9-14-8-7-13-5-3-4-6-15(13)20-14/h3-8H,9-10H2,1-2H3,(H,21,22,23). The molecule has 1 aromatic carbocycles. The number of aryl methyl sites for hydroxylation is 2. The van der Waals surface area contributed by atoms with Crippen LogP contribution in [0.3, 0.4) is 0 Å². The van der Waals surface area contributed by atoms with Crippen molar-refractivity contribution in [2.75, 3.05) is 0 Å². The summed E-state index contributed by atoms with van der Waals surface area (Å²) in [5.74, 6) is 2.18. The van der Waals surface area contributed by atoms with Gasteiger partial charge in [0.15, 0.2) is 0 Å². The molecule has 0 unspecified atom stereocenters. The van der Waals surface area contributed by atoms with Gasteiger partial charge in [0, 0.05) is 16.0 Å². The van der Waals surface area contributed by atoms with Crippen molar-refractivity contribution in [2.24, 2.45) is 0 Å². The fraction of sp³-hybridized carbons (Fsp3) is 0.211. The Kier molecular flexibility index (Phi) is 4.31. The van der Waals surface area contributed by atoms with Crippen LogP contribution < -0.4 is 5.56 Å². The van der Waals surface area contributed by atoms with Crippen molar-refractivity contribution in [3.8, 4) is 0 Å². The van der Waals surface area contributed by atoms with Gasteiger partial charge < -0.3 is 4.98 Å². The topological polar surface area (TPSA) is 58.6 Å². The van der Waals surface area contributed by atoms with Crippen molar-refractivity contribution in [1.29, 1.82) is 0 Å². The molecule has 0 aliphatic carbocycles. The Balaban J connectivity index is 1.51. The van der Waals surface area contributed by atoms with Gasteiger partial charge in [-0.1, -0.05) is 24.3 Å². The van der Waals surface area contributed by atoms with Crippen LogP contribution in [0, 0.1) is 13.8 Å². The Labute approximate surface area is 153 Å². The molecule has 3 heterocycles. The largest absolute Gasteiger partial charge is 0.309 e. The lowest BCUT2D eigenvalue weighted by atomic mass is 10.2. The number of nitrogens with zero attached hydrogens (tertiary/aromatic N) is 2. The van der Waals surface area contributed by atoms with E-state index in [0.29, 0.717) is 5.75 Å². The number of para-hydroxylation sites is 1. The highest BCUT2D eigenvalue weighted by atomic mass is 32.2. The summed E-state index contributed by atoms with van der Waals surface area (Å²) in [4.78, 5) is 26.5. The lowest BCUT2D eigenvalue weighted by Crippen LogP contribution is -2.10. The summed E-state index contributed by atoms with van der Waals surface area (Å²) in [5, 5.41) is 1.88. The quantitative estimate of drug-likeness (QED) is 0.573. The minimum Gasteiger partial charge on any atom is -0.309 e. The fourth-order valence-corrected chi connectivity index (χ4v) is 4.66. The number of nitrogens with one attached hydrogen (secondary N) is 1. The number of H-pyrrole nitrogens is 1. The number of pyridine rings is 1. The molecule has 0 saturated carbocycles. The first kappa shape index (κ1) is 16.3. The maximum atomic E-state index is 12.3. The molecule has 0 fully saturated rings. The molecule has 6 heteroatoms. The van der Waals surface area contributed by atoms with Crippen molar-refractivity contribution >= 4 is 44.2 Å². The minimum atomic E-state index is -0.0359. The molecule has 0 atom stereocenters. The molecule has 0 radical (unpaired) electrons. The molecule has 0 spiro atoms. The number of rotatable bonds is 4. The van der Waals surface area contributed by atoms with E-state index in [-0.39, 0.29) is 5.56 Å². The second kappa shape index (κ2) is 6.61. The van der Waals surface area contributed by atoms with Gasteiger partial charge in [-0.05, 0) is 31.5 Å². The van der Waals surface area contributed by atoms with Gasteiger partial charge in [-0.2, -0.15) is 0 Å². The van der Waals surface area contributed by atoms with E-state index in [9.17, 15) is 4.79 Å². The Morgan fingerprint density at radius 2 is 1.92 bits per heavy atom. The molecule has 0 aliphatic rings. The van der Waals surface area contributed by atoms with E-state index >= 15 is 0 Å². The summed E-state index contributed by atoms with van der Waals surface area (Å²) < 4.78 is 0. The van der Waals surface area contributed by atoms with E-state index in [1.165, 1.54) is 0 Å². The first-order chi connectivity index (χ1) is 12.1. The van der Waals surface area contributed by atoms with Gasteiger partial charge in [0.25, 0.3) is 5.56 Å². The molecule has 126 valence electrons. The van der Waals surface area contributed by atoms with E-state index in [0.717, 1.165) is 48.8 Å². The number of fused-ring (bicyclic) bond motifs is 2. The highest BCUT2D eigenvalue weighted by Gasteiger charge is 2.11. The van der Waals surface area contributed by atoms with E-state index in [4.69, 9.17) is 0 Å². The highest BCUT2D eigenvalue weighted by molar-refractivity contribution is 7.97. The van der Waals surface area contributed by atoms with Crippen molar-refractivity contribution < 1.29 is 0 Å². The molecule has 3 aromatic heterocycles. The van der Waals surface area contributed by atoms with Crippen LogP contribution in [0.25, 0.3) is 21.1 Å². The summed E-state index contributed by atoms with van der Waals surface area (Å²) in [6, 6.07) is 12.3. The van der Waals surface area contributed by atoms with Crippen LogP contribution in [0.5, 0.6) is 0 Å². The zero-order chi connectivity index (χ0) is 17.4. The number of thiophene rings is 1. The van der Waals surface area contributed by atoms with Gasteiger partial charge in [0.2, 0.25) is 0 Å². The smallest absolute Gasteiger partial charge is 0.259 e. The Morgan fingerprint density at radius 1 is 1.08 bits per heavy atom. The third-order valence-electron chi connectivity index (χ3n) is 4.23. The van der Waals surface area contributed by atoms with E-state index in [1.54, 1.807) is 23.1 Å². The molecule has 0 aliphatic heterocycles. The number of thioether (sulfide) groups is 1. The van der Waals surface area contributed by atoms with Crippen molar-refractivity contribution in [3.63, 3.8) is 0 Å². The zero-order valence-corrected chi connectivity index (χ0v) is 15.6. The van der Waals surface area contributed by atoms with E-state index < -0.39 is 0 Å². The highest BCUT2D eigenvalue weighted by Crippen LogP contribution is 2.26. The summed E-state index contributed by atoms with van der Waals surface area (Å²) in [6.45, 7) is 4.01. The normalized spacial score (nSPS) is 11.4. The average Bonchev–Trinajstić information content (AvgIpc) is 2.89. The molecule has 0 amide bonds. The molecule has 4 nitrogen and oxygen atoms in total. The molecule has 4 aromatic rings. The molecule has 25 heavy (non-hydrogen) atoms. The third kappa shape index (κ3) is 3.19. The first-order valence-electron chi connectivity index (χ1n) is 8.03. The molecule has 0 bridgehead atoms. The fourth-order valence-electron chi connectivity index (χ4n) is 2.81. The van der Waals surface area contributed by atoms with Crippen LogP contribution in [0.1, 0.15) is 22.0 Å². The Hall–Kier alpha value is -2.18. The van der Waals surface area contributed by atoms with Crippen LogP contribution >= 0.6 is 23.1 Å². The van der Waals surface area contributed by atoms with Crippen molar-refractivity contribution in [1.82, 2.24) is 15.0 Å². The summed E-state index contributed by atoms with van der Waals surface area (Å²) >= 11 is 3.29. The van der Waals surface area contributed by atoms with Crippen molar-refractivity contribution in [2.45, 2.75) is 25.4 Å². The Morgan fingerprint density at radius 3 is 2.80 bits per heavy atom. The number of hydrogen-bond acceptors (Lipinski definition) is 5. The monoisotopic (exact) mass is 367 g/mol. The predicted octanol–water partition coefficient (Wildman–Crippen LogP) is 4.58.